The van der Waals surface area contributed by atoms with Gasteiger partial charge in [-0.25, -0.2) is 14.8 Å². The van der Waals surface area contributed by atoms with Gasteiger partial charge in [-0.1, -0.05) is 17.7 Å². The van der Waals surface area contributed by atoms with Gasteiger partial charge in [0.1, 0.15) is 5.69 Å². The lowest BCUT2D eigenvalue weighted by Crippen LogP contribution is -2.50. The smallest absolute Gasteiger partial charge is 0.409 e. The molecule has 1 fully saturated rings. The van der Waals surface area contributed by atoms with E-state index in [2.05, 4.69) is 15.3 Å². The lowest BCUT2D eigenvalue weighted by atomic mass is 10.2. The number of amides is 2. The summed E-state index contributed by atoms with van der Waals surface area (Å²) >= 11 is 0. The third-order valence-corrected chi connectivity index (χ3v) is 4.28. The molecule has 27 heavy (non-hydrogen) atoms. The number of anilines is 2. The van der Waals surface area contributed by atoms with Crippen molar-refractivity contribution in [1.29, 1.82) is 0 Å². The molecule has 0 radical (unpaired) electrons. The molecule has 3 rings (SSSR count). The van der Waals surface area contributed by atoms with Gasteiger partial charge in [0.05, 0.1) is 6.61 Å². The van der Waals surface area contributed by atoms with Crippen molar-refractivity contribution in [1.82, 2.24) is 19.8 Å². The van der Waals surface area contributed by atoms with Crippen molar-refractivity contribution in [3.05, 3.63) is 47.8 Å². The minimum atomic E-state index is -0.337. The summed E-state index contributed by atoms with van der Waals surface area (Å²) in [4.78, 5) is 36.3. The van der Waals surface area contributed by atoms with Gasteiger partial charge in [0.25, 0.3) is 5.91 Å². The van der Waals surface area contributed by atoms with Crippen LogP contribution in [0.3, 0.4) is 0 Å². The highest BCUT2D eigenvalue weighted by atomic mass is 16.6. The summed E-state index contributed by atoms with van der Waals surface area (Å²) in [5.41, 5.74) is 2.34. The Labute approximate surface area is 158 Å². The average Bonchev–Trinajstić information content (AvgIpc) is 2.70. The average molecular weight is 369 g/mol. The molecule has 8 heteroatoms. The van der Waals surface area contributed by atoms with Gasteiger partial charge in [-0.05, 0) is 32.0 Å². The molecular formula is C19H23N5O3. The third kappa shape index (κ3) is 4.72. The predicted molar refractivity (Wildman–Crippen MR) is 101 cm³/mol. The largest absolute Gasteiger partial charge is 0.450 e. The number of hydrogen-bond donors (Lipinski definition) is 1. The highest BCUT2D eigenvalue weighted by molar-refractivity contribution is 5.92. The maximum Gasteiger partial charge on any atom is 0.409 e. The molecule has 0 spiro atoms. The first-order valence-corrected chi connectivity index (χ1v) is 8.94. The van der Waals surface area contributed by atoms with E-state index < -0.39 is 0 Å². The van der Waals surface area contributed by atoms with E-state index in [0.717, 1.165) is 11.3 Å². The summed E-state index contributed by atoms with van der Waals surface area (Å²) < 4.78 is 5.00. The Hall–Kier alpha value is -3.16. The molecular weight excluding hydrogens is 346 g/mol. The van der Waals surface area contributed by atoms with Crippen LogP contribution in [0.1, 0.15) is 23.0 Å². The van der Waals surface area contributed by atoms with E-state index in [-0.39, 0.29) is 12.0 Å². The fourth-order valence-electron chi connectivity index (χ4n) is 2.77. The van der Waals surface area contributed by atoms with Crippen LogP contribution in [0.2, 0.25) is 0 Å². The molecule has 0 atom stereocenters. The molecule has 142 valence electrons. The van der Waals surface area contributed by atoms with Crippen molar-refractivity contribution < 1.29 is 14.3 Å². The first-order valence-electron chi connectivity index (χ1n) is 8.94. The van der Waals surface area contributed by atoms with Gasteiger partial charge in [0.2, 0.25) is 5.95 Å². The molecule has 1 aromatic carbocycles. The zero-order valence-corrected chi connectivity index (χ0v) is 15.5. The predicted octanol–water partition coefficient (Wildman–Crippen LogP) is 2.44. The zero-order valence-electron chi connectivity index (χ0n) is 15.5. The number of nitrogens with one attached hydrogen (secondary N) is 1. The Morgan fingerprint density at radius 3 is 2.41 bits per heavy atom. The first kappa shape index (κ1) is 18.6. The van der Waals surface area contributed by atoms with E-state index in [1.807, 2.05) is 31.2 Å². The van der Waals surface area contributed by atoms with Crippen LogP contribution in [-0.2, 0) is 4.74 Å². The molecule has 0 saturated carbocycles. The standard InChI is InChI=1S/C19H23N5O3/c1-3-27-19(26)24-12-10-23(11-13-24)17(25)16-8-9-20-18(22-16)21-15-6-4-14(2)5-7-15/h4-9H,3,10-13H2,1-2H3,(H,20,21,22). The number of aryl methyl sites for hydroxylation is 1. The van der Waals surface area contributed by atoms with E-state index in [4.69, 9.17) is 4.74 Å². The monoisotopic (exact) mass is 369 g/mol. The second kappa shape index (κ2) is 8.48. The molecule has 1 aliphatic rings. The van der Waals surface area contributed by atoms with Gasteiger partial charge in [-0.3, -0.25) is 4.79 Å². The first-order chi connectivity index (χ1) is 13.1. The van der Waals surface area contributed by atoms with E-state index in [0.29, 0.717) is 44.4 Å². The zero-order chi connectivity index (χ0) is 19.2. The van der Waals surface area contributed by atoms with Crippen molar-refractivity contribution in [2.75, 3.05) is 38.1 Å². The summed E-state index contributed by atoms with van der Waals surface area (Å²) in [5, 5.41) is 3.10. The highest BCUT2D eigenvalue weighted by Crippen LogP contribution is 2.15. The number of benzene rings is 1. The van der Waals surface area contributed by atoms with E-state index in [1.165, 1.54) is 0 Å². The highest BCUT2D eigenvalue weighted by Gasteiger charge is 2.26. The molecule has 2 aromatic rings. The van der Waals surface area contributed by atoms with Crippen LogP contribution in [-0.4, -0.2) is 64.6 Å². The van der Waals surface area contributed by atoms with Crippen LogP contribution < -0.4 is 5.32 Å². The van der Waals surface area contributed by atoms with Gasteiger partial charge in [0.15, 0.2) is 0 Å². The molecule has 1 aromatic heterocycles. The van der Waals surface area contributed by atoms with Crippen molar-refractivity contribution in [3.63, 3.8) is 0 Å². The topological polar surface area (TPSA) is 87.7 Å². The molecule has 8 nitrogen and oxygen atoms in total. The number of aromatic nitrogens is 2. The van der Waals surface area contributed by atoms with E-state index in [1.54, 1.807) is 29.0 Å². The number of carbonyl (C=O) groups is 2. The maximum absolute atomic E-state index is 12.7. The lowest BCUT2D eigenvalue weighted by molar-refractivity contribution is 0.0566. The second-order valence-corrected chi connectivity index (χ2v) is 6.23. The van der Waals surface area contributed by atoms with Crippen LogP contribution in [0.5, 0.6) is 0 Å². The minimum absolute atomic E-state index is 0.173. The summed E-state index contributed by atoms with van der Waals surface area (Å²) in [7, 11) is 0. The van der Waals surface area contributed by atoms with E-state index >= 15 is 0 Å². The fourth-order valence-corrected chi connectivity index (χ4v) is 2.77. The number of hydrogen-bond acceptors (Lipinski definition) is 6. The normalized spacial score (nSPS) is 14.0. The van der Waals surface area contributed by atoms with Gasteiger partial charge in [-0.2, -0.15) is 0 Å². The number of piperazine rings is 1. The van der Waals surface area contributed by atoms with Crippen molar-refractivity contribution in [2.45, 2.75) is 13.8 Å². The molecule has 1 N–H and O–H groups in total. The summed E-state index contributed by atoms with van der Waals surface area (Å²) in [5.74, 6) is 0.197. The van der Waals surface area contributed by atoms with Crippen LogP contribution in [0.4, 0.5) is 16.4 Å². The van der Waals surface area contributed by atoms with Crippen molar-refractivity contribution in [3.8, 4) is 0 Å². The Kier molecular flexibility index (Phi) is 5.85. The van der Waals surface area contributed by atoms with Crippen LogP contribution in [0, 0.1) is 6.92 Å². The van der Waals surface area contributed by atoms with Gasteiger partial charge in [-0.15, -0.1) is 0 Å². The quantitative estimate of drug-likeness (QED) is 0.891. The van der Waals surface area contributed by atoms with Crippen molar-refractivity contribution in [2.24, 2.45) is 0 Å². The van der Waals surface area contributed by atoms with E-state index in [9.17, 15) is 9.59 Å². The number of ether oxygens (including phenoxy) is 1. The SMILES string of the molecule is CCOC(=O)N1CCN(C(=O)c2ccnc(Nc3ccc(C)cc3)n2)CC1. The Morgan fingerprint density at radius 1 is 1.07 bits per heavy atom. The third-order valence-electron chi connectivity index (χ3n) is 4.28. The van der Waals surface area contributed by atoms with Crippen LogP contribution in [0.25, 0.3) is 0 Å². The number of carbonyl (C=O) groups excluding carboxylic acids is 2. The molecule has 1 aliphatic heterocycles. The molecule has 1 saturated heterocycles. The van der Waals surface area contributed by atoms with Gasteiger partial charge < -0.3 is 19.9 Å². The van der Waals surface area contributed by atoms with Gasteiger partial charge in [0, 0.05) is 38.1 Å². The Morgan fingerprint density at radius 2 is 1.74 bits per heavy atom. The molecule has 0 unspecified atom stereocenters. The number of nitrogens with zero attached hydrogens (tertiary/aromatic N) is 4. The molecule has 0 bridgehead atoms. The van der Waals surface area contributed by atoms with Crippen LogP contribution >= 0.6 is 0 Å². The molecule has 2 amide bonds. The summed E-state index contributed by atoms with van der Waals surface area (Å²) in [6.07, 6.45) is 1.22. The van der Waals surface area contributed by atoms with Crippen LogP contribution in [0.15, 0.2) is 36.5 Å². The fraction of sp³-hybridized carbons (Fsp3) is 0.368. The van der Waals surface area contributed by atoms with Crippen molar-refractivity contribution >= 4 is 23.6 Å². The molecule has 0 aliphatic carbocycles. The second-order valence-electron chi connectivity index (χ2n) is 6.23. The summed E-state index contributed by atoms with van der Waals surface area (Å²) in [6.45, 7) is 5.92. The Bertz CT molecular complexity index is 801. The Balaban J connectivity index is 1.62. The number of rotatable bonds is 4. The molecule has 2 heterocycles. The van der Waals surface area contributed by atoms with Gasteiger partial charge >= 0.3 is 6.09 Å². The maximum atomic E-state index is 12.7. The lowest BCUT2D eigenvalue weighted by Gasteiger charge is -2.33. The summed E-state index contributed by atoms with van der Waals surface area (Å²) in [6, 6.07) is 9.44. The minimum Gasteiger partial charge on any atom is -0.450 e.